The third-order valence-corrected chi connectivity index (χ3v) is 5.20. The summed E-state index contributed by atoms with van der Waals surface area (Å²) in [5.74, 6) is -0.495. The number of rotatable bonds is 2. The molecule has 1 saturated heterocycles. The van der Waals surface area contributed by atoms with Gasteiger partial charge in [0.1, 0.15) is 17.5 Å². The third kappa shape index (κ3) is 3.82. The van der Waals surface area contributed by atoms with Crippen molar-refractivity contribution < 1.29 is 9.18 Å². The Morgan fingerprint density at radius 2 is 1.85 bits per heavy atom. The zero-order chi connectivity index (χ0) is 19.7. The highest BCUT2D eigenvalue weighted by Gasteiger charge is 2.33. The van der Waals surface area contributed by atoms with Crippen LogP contribution in [0.1, 0.15) is 22.8 Å². The van der Waals surface area contributed by atoms with Crippen LogP contribution in [0.3, 0.4) is 0 Å². The van der Waals surface area contributed by atoms with Gasteiger partial charge in [-0.05, 0) is 43.3 Å². The molecule has 1 unspecified atom stereocenters. The fourth-order valence-corrected chi connectivity index (χ4v) is 3.47. The molecule has 0 aromatic heterocycles. The van der Waals surface area contributed by atoms with Crippen LogP contribution in [0, 0.1) is 16.6 Å². The molecule has 1 aliphatic heterocycles. The van der Waals surface area contributed by atoms with Crippen LogP contribution >= 0.6 is 23.2 Å². The lowest BCUT2D eigenvalue weighted by Crippen LogP contribution is -2.58. The Labute approximate surface area is 166 Å². The van der Waals surface area contributed by atoms with Crippen LogP contribution in [0.5, 0.6) is 0 Å². The van der Waals surface area contributed by atoms with Crippen molar-refractivity contribution in [3.8, 4) is 0 Å². The van der Waals surface area contributed by atoms with Gasteiger partial charge in [0.15, 0.2) is 0 Å². The highest BCUT2D eigenvalue weighted by Crippen LogP contribution is 2.27. The number of nitrogens with zero attached hydrogens (tertiary/aromatic N) is 2. The van der Waals surface area contributed by atoms with Crippen molar-refractivity contribution in [1.29, 1.82) is 10.8 Å². The minimum Gasteiger partial charge on any atom is -0.329 e. The van der Waals surface area contributed by atoms with Crippen LogP contribution in [0.2, 0.25) is 10.0 Å². The molecule has 0 radical (unpaired) electrons. The number of carbonyl (C=O) groups is 1. The average Bonchev–Trinajstić information content (AvgIpc) is 2.63. The lowest BCUT2D eigenvalue weighted by atomic mass is 10.1. The van der Waals surface area contributed by atoms with Crippen molar-refractivity contribution >= 4 is 40.8 Å². The molecule has 1 amide bonds. The molecule has 27 heavy (non-hydrogen) atoms. The lowest BCUT2D eigenvalue weighted by molar-refractivity contribution is 0.0730. The molecule has 1 fully saturated rings. The van der Waals surface area contributed by atoms with Gasteiger partial charge in [-0.25, -0.2) is 4.39 Å². The highest BCUT2D eigenvalue weighted by atomic mass is 35.5. The molecular formula is C19H17Cl2FN4O. The quantitative estimate of drug-likeness (QED) is 0.576. The van der Waals surface area contributed by atoms with Crippen molar-refractivity contribution in [2.24, 2.45) is 0 Å². The standard InChI is InChI=1S/C19H17Cl2FN4O/c1-11-9-25(19(27)14-3-2-4-15(20)17(14)21)10-16(23)26(11)18(24)12-5-7-13(22)8-6-12/h2-8,11,23-24H,9-10H2,1H3. The van der Waals surface area contributed by atoms with E-state index >= 15 is 0 Å². The van der Waals surface area contributed by atoms with E-state index in [0.717, 1.165) is 0 Å². The summed E-state index contributed by atoms with van der Waals surface area (Å²) in [7, 11) is 0. The van der Waals surface area contributed by atoms with E-state index in [1.54, 1.807) is 18.2 Å². The maximum absolute atomic E-state index is 13.1. The molecule has 8 heteroatoms. The van der Waals surface area contributed by atoms with E-state index in [-0.39, 0.29) is 46.6 Å². The number of hydrogen-bond donors (Lipinski definition) is 2. The van der Waals surface area contributed by atoms with Gasteiger partial charge in [0, 0.05) is 12.1 Å². The van der Waals surface area contributed by atoms with E-state index < -0.39 is 0 Å². The Morgan fingerprint density at radius 3 is 2.48 bits per heavy atom. The van der Waals surface area contributed by atoms with Crippen LogP contribution < -0.4 is 0 Å². The van der Waals surface area contributed by atoms with Gasteiger partial charge in [-0.1, -0.05) is 29.3 Å². The Kier molecular flexibility index (Phi) is 5.48. The Balaban J connectivity index is 1.79. The summed E-state index contributed by atoms with van der Waals surface area (Å²) in [6, 6.07) is 10.1. The van der Waals surface area contributed by atoms with Crippen LogP contribution in [0.15, 0.2) is 42.5 Å². The molecule has 2 aromatic carbocycles. The summed E-state index contributed by atoms with van der Waals surface area (Å²) in [5, 5.41) is 17.2. The molecule has 5 nitrogen and oxygen atoms in total. The number of hydrogen-bond acceptors (Lipinski definition) is 3. The third-order valence-electron chi connectivity index (χ3n) is 4.38. The maximum atomic E-state index is 13.1. The maximum Gasteiger partial charge on any atom is 0.255 e. The summed E-state index contributed by atoms with van der Waals surface area (Å²) in [5.41, 5.74) is 0.789. The second-order valence-electron chi connectivity index (χ2n) is 6.31. The predicted octanol–water partition coefficient (Wildman–Crippen LogP) is 4.28. The Bertz CT molecular complexity index is 916. The molecule has 2 N–H and O–H groups in total. The lowest BCUT2D eigenvalue weighted by Gasteiger charge is -2.41. The van der Waals surface area contributed by atoms with Crippen molar-refractivity contribution in [3.05, 3.63) is 69.5 Å². The van der Waals surface area contributed by atoms with Gasteiger partial charge in [-0.15, -0.1) is 0 Å². The number of benzene rings is 2. The van der Waals surface area contributed by atoms with Crippen molar-refractivity contribution in [2.45, 2.75) is 13.0 Å². The fraction of sp³-hybridized carbons (Fsp3) is 0.211. The largest absolute Gasteiger partial charge is 0.329 e. The summed E-state index contributed by atoms with van der Waals surface area (Å²) in [6.45, 7) is 2.18. The smallest absolute Gasteiger partial charge is 0.255 e. The van der Waals surface area contributed by atoms with E-state index in [0.29, 0.717) is 17.1 Å². The van der Waals surface area contributed by atoms with Crippen LogP contribution in [0.4, 0.5) is 4.39 Å². The van der Waals surface area contributed by atoms with Gasteiger partial charge in [0.2, 0.25) is 0 Å². The summed E-state index contributed by atoms with van der Waals surface area (Å²) in [6.07, 6.45) is 0. The average molecular weight is 407 g/mol. The van der Waals surface area contributed by atoms with Gasteiger partial charge in [0.25, 0.3) is 5.91 Å². The molecular weight excluding hydrogens is 390 g/mol. The second-order valence-corrected chi connectivity index (χ2v) is 7.09. The normalized spacial score (nSPS) is 17.2. The van der Waals surface area contributed by atoms with Crippen molar-refractivity contribution in [2.75, 3.05) is 13.1 Å². The molecule has 1 aliphatic rings. The molecule has 0 saturated carbocycles. The number of nitrogens with one attached hydrogen (secondary N) is 2. The van der Waals surface area contributed by atoms with E-state index in [4.69, 9.17) is 34.0 Å². The second kappa shape index (κ2) is 7.66. The first-order valence-corrected chi connectivity index (χ1v) is 8.99. The number of piperazine rings is 1. The van der Waals surface area contributed by atoms with Gasteiger partial charge < -0.3 is 9.80 Å². The van der Waals surface area contributed by atoms with Crippen molar-refractivity contribution in [3.63, 3.8) is 0 Å². The van der Waals surface area contributed by atoms with Gasteiger partial charge in [-0.3, -0.25) is 15.6 Å². The molecule has 0 spiro atoms. The zero-order valence-electron chi connectivity index (χ0n) is 14.5. The summed E-state index contributed by atoms with van der Waals surface area (Å²) < 4.78 is 13.1. The Hall–Kier alpha value is -2.44. The SMILES string of the molecule is CC1CN(C(=O)c2cccc(Cl)c2Cl)CC(=N)N1C(=N)c1ccc(F)cc1. The van der Waals surface area contributed by atoms with E-state index in [1.807, 2.05) is 6.92 Å². The Morgan fingerprint density at radius 1 is 1.19 bits per heavy atom. The molecule has 3 rings (SSSR count). The summed E-state index contributed by atoms with van der Waals surface area (Å²) >= 11 is 12.1. The van der Waals surface area contributed by atoms with Gasteiger partial charge in [0.05, 0.1) is 28.2 Å². The number of halogens is 3. The minimum atomic E-state index is -0.386. The molecule has 140 valence electrons. The first kappa shape index (κ1) is 19.3. The molecule has 2 aromatic rings. The zero-order valence-corrected chi connectivity index (χ0v) is 16.0. The highest BCUT2D eigenvalue weighted by molar-refractivity contribution is 6.43. The monoisotopic (exact) mass is 406 g/mol. The van der Waals surface area contributed by atoms with Crippen LogP contribution in [-0.4, -0.2) is 46.5 Å². The van der Waals surface area contributed by atoms with Gasteiger partial charge >= 0.3 is 0 Å². The first-order valence-electron chi connectivity index (χ1n) is 8.24. The summed E-state index contributed by atoms with van der Waals surface area (Å²) in [4.78, 5) is 15.9. The minimum absolute atomic E-state index is 0.0373. The molecule has 1 atom stereocenters. The number of amidine groups is 2. The van der Waals surface area contributed by atoms with E-state index in [2.05, 4.69) is 0 Å². The van der Waals surface area contributed by atoms with E-state index in [1.165, 1.54) is 34.1 Å². The first-order chi connectivity index (χ1) is 12.8. The molecule has 0 aliphatic carbocycles. The molecule has 0 bridgehead atoms. The topological polar surface area (TPSA) is 71.2 Å². The van der Waals surface area contributed by atoms with Crippen LogP contribution in [-0.2, 0) is 0 Å². The van der Waals surface area contributed by atoms with Crippen molar-refractivity contribution in [1.82, 2.24) is 9.80 Å². The van der Waals surface area contributed by atoms with E-state index in [9.17, 15) is 9.18 Å². The fourth-order valence-electron chi connectivity index (χ4n) is 3.08. The molecule has 1 heterocycles. The van der Waals surface area contributed by atoms with Gasteiger partial charge in [-0.2, -0.15) is 0 Å². The number of carbonyl (C=O) groups excluding carboxylic acids is 1. The number of amides is 1. The predicted molar refractivity (Wildman–Crippen MR) is 105 cm³/mol. The van der Waals surface area contributed by atoms with Crippen LogP contribution in [0.25, 0.3) is 0 Å².